The molecule has 2 aromatic rings. The van der Waals surface area contributed by atoms with Crippen LogP contribution < -0.4 is 4.74 Å². The van der Waals surface area contributed by atoms with Crippen LogP contribution in [0.3, 0.4) is 0 Å². The van der Waals surface area contributed by atoms with E-state index in [1.807, 2.05) is 33.8 Å². The summed E-state index contributed by atoms with van der Waals surface area (Å²) in [7, 11) is 1.60. The number of fused-ring (bicyclic) bond motifs is 2. The average molecular weight is 424 g/mol. The van der Waals surface area contributed by atoms with Crippen LogP contribution in [0.25, 0.3) is 11.6 Å². The number of allylic oxidation sites excluding steroid dienone is 4. The second-order valence-electron chi connectivity index (χ2n) is 6.31. The molecule has 1 aromatic heterocycles. The number of oxime groups is 1. The number of aryl methyl sites for hydroxylation is 1. The topological polar surface area (TPSA) is 30.8 Å². The molecule has 0 spiro atoms. The monoisotopic (exact) mass is 423 g/mol. The zero-order chi connectivity index (χ0) is 21.9. The van der Waals surface area contributed by atoms with E-state index in [9.17, 15) is 0 Å². The SMILES string of the molecule is CC.CC.CO/N=C1/C2=C(C=CCC2)c2ccc(OC/C=C/c3ccsc3C)cc21. The van der Waals surface area contributed by atoms with Crippen molar-refractivity contribution in [1.82, 2.24) is 0 Å². The first kappa shape index (κ1) is 23.7. The van der Waals surface area contributed by atoms with Crippen LogP contribution in [0.15, 0.2) is 58.6 Å². The third-order valence-corrected chi connectivity index (χ3v) is 5.58. The molecule has 0 fully saturated rings. The lowest BCUT2D eigenvalue weighted by Gasteiger charge is -2.08. The molecule has 0 bridgehead atoms. The number of benzene rings is 1. The molecule has 0 aliphatic heterocycles. The van der Waals surface area contributed by atoms with Gasteiger partial charge in [0.1, 0.15) is 25.2 Å². The number of hydrogen-bond acceptors (Lipinski definition) is 4. The summed E-state index contributed by atoms with van der Waals surface area (Å²) in [6, 6.07) is 8.36. The Labute approximate surface area is 185 Å². The number of ether oxygens (including phenoxy) is 1. The lowest BCUT2D eigenvalue weighted by Crippen LogP contribution is -2.03. The van der Waals surface area contributed by atoms with Gasteiger partial charge in [0.25, 0.3) is 0 Å². The number of hydrogen-bond donors (Lipinski definition) is 0. The van der Waals surface area contributed by atoms with Crippen molar-refractivity contribution >= 4 is 28.7 Å². The van der Waals surface area contributed by atoms with Crippen LogP contribution in [0.5, 0.6) is 5.75 Å². The molecule has 1 heterocycles. The molecule has 2 aliphatic rings. The van der Waals surface area contributed by atoms with E-state index in [1.54, 1.807) is 18.4 Å². The molecule has 4 heteroatoms. The molecular formula is C26H33NO2S. The summed E-state index contributed by atoms with van der Waals surface area (Å²) in [5.41, 5.74) is 7.04. The Morgan fingerprint density at radius 3 is 2.60 bits per heavy atom. The first-order valence-electron chi connectivity index (χ1n) is 10.8. The summed E-state index contributed by atoms with van der Waals surface area (Å²) in [6.07, 6.45) is 10.6. The van der Waals surface area contributed by atoms with Gasteiger partial charge in [0.15, 0.2) is 0 Å². The van der Waals surface area contributed by atoms with E-state index in [2.05, 4.69) is 60.0 Å². The van der Waals surface area contributed by atoms with E-state index in [1.165, 1.54) is 27.2 Å². The molecule has 3 nitrogen and oxygen atoms in total. The lowest BCUT2D eigenvalue weighted by molar-refractivity contribution is 0.214. The van der Waals surface area contributed by atoms with Crippen LogP contribution >= 0.6 is 11.3 Å². The van der Waals surface area contributed by atoms with Gasteiger partial charge in [-0.2, -0.15) is 0 Å². The molecule has 2 aliphatic carbocycles. The van der Waals surface area contributed by atoms with E-state index < -0.39 is 0 Å². The zero-order valence-electron chi connectivity index (χ0n) is 19.0. The Bertz CT molecular complexity index is 948. The van der Waals surface area contributed by atoms with Gasteiger partial charge in [0.05, 0.1) is 0 Å². The van der Waals surface area contributed by atoms with Gasteiger partial charge in [-0.05, 0) is 71.7 Å². The minimum Gasteiger partial charge on any atom is -0.490 e. The Morgan fingerprint density at radius 2 is 1.90 bits per heavy atom. The lowest BCUT2D eigenvalue weighted by atomic mass is 9.97. The summed E-state index contributed by atoms with van der Waals surface area (Å²) >= 11 is 1.76. The molecule has 0 unspecified atom stereocenters. The van der Waals surface area contributed by atoms with Gasteiger partial charge in [-0.25, -0.2) is 0 Å². The molecule has 0 amide bonds. The summed E-state index contributed by atoms with van der Waals surface area (Å²) < 4.78 is 5.93. The Morgan fingerprint density at radius 1 is 1.10 bits per heavy atom. The molecule has 1 aromatic carbocycles. The predicted molar refractivity (Wildman–Crippen MR) is 132 cm³/mol. The van der Waals surface area contributed by atoms with Gasteiger partial charge in [-0.3, -0.25) is 0 Å². The summed E-state index contributed by atoms with van der Waals surface area (Å²) in [4.78, 5) is 6.42. The van der Waals surface area contributed by atoms with Gasteiger partial charge in [-0.1, -0.05) is 57.1 Å². The summed E-state index contributed by atoms with van der Waals surface area (Å²) in [5, 5.41) is 6.39. The van der Waals surface area contributed by atoms with Crippen LogP contribution in [0.1, 0.15) is 62.1 Å². The van der Waals surface area contributed by atoms with Crippen LogP contribution in [0, 0.1) is 6.92 Å². The fraction of sp³-hybridized carbons (Fsp3) is 0.346. The minimum absolute atomic E-state index is 0.540. The van der Waals surface area contributed by atoms with Gasteiger partial charge in [-0.15, -0.1) is 11.3 Å². The molecule has 160 valence electrons. The van der Waals surface area contributed by atoms with Crippen molar-refractivity contribution in [2.24, 2.45) is 5.16 Å². The van der Waals surface area contributed by atoms with Crippen molar-refractivity contribution in [2.45, 2.75) is 47.5 Å². The molecule has 0 N–H and O–H groups in total. The third-order valence-electron chi connectivity index (χ3n) is 4.72. The van der Waals surface area contributed by atoms with Gasteiger partial charge in [0.2, 0.25) is 0 Å². The van der Waals surface area contributed by atoms with E-state index >= 15 is 0 Å². The van der Waals surface area contributed by atoms with Crippen LogP contribution in [-0.4, -0.2) is 19.4 Å². The largest absolute Gasteiger partial charge is 0.490 e. The fourth-order valence-corrected chi connectivity index (χ4v) is 4.14. The van der Waals surface area contributed by atoms with Gasteiger partial charge in [0, 0.05) is 10.4 Å². The number of thiophene rings is 1. The number of rotatable bonds is 5. The molecule has 4 rings (SSSR count). The molecule has 0 saturated carbocycles. The first-order valence-corrected chi connectivity index (χ1v) is 11.7. The van der Waals surface area contributed by atoms with Gasteiger partial charge >= 0.3 is 0 Å². The maximum absolute atomic E-state index is 5.93. The average Bonchev–Trinajstić information content (AvgIpc) is 3.35. The normalized spacial score (nSPS) is 15.2. The van der Waals surface area contributed by atoms with E-state index in [0.29, 0.717) is 6.61 Å². The Kier molecular flexibility index (Phi) is 9.62. The smallest absolute Gasteiger partial charge is 0.120 e. The molecule has 0 radical (unpaired) electrons. The van der Waals surface area contributed by atoms with Crippen molar-refractivity contribution in [1.29, 1.82) is 0 Å². The van der Waals surface area contributed by atoms with Crippen molar-refractivity contribution in [2.75, 3.05) is 13.7 Å². The van der Waals surface area contributed by atoms with E-state index in [-0.39, 0.29) is 0 Å². The van der Waals surface area contributed by atoms with Crippen LogP contribution in [0.2, 0.25) is 0 Å². The first-order chi connectivity index (χ1) is 14.8. The van der Waals surface area contributed by atoms with Crippen molar-refractivity contribution in [3.63, 3.8) is 0 Å². The van der Waals surface area contributed by atoms with Crippen LogP contribution in [0.4, 0.5) is 0 Å². The van der Waals surface area contributed by atoms with E-state index in [4.69, 9.17) is 9.57 Å². The zero-order valence-corrected chi connectivity index (χ0v) is 19.8. The van der Waals surface area contributed by atoms with Crippen molar-refractivity contribution in [3.05, 3.63) is 75.0 Å². The van der Waals surface area contributed by atoms with Crippen molar-refractivity contribution in [3.8, 4) is 5.75 Å². The van der Waals surface area contributed by atoms with Crippen LogP contribution in [-0.2, 0) is 4.84 Å². The number of nitrogens with zero attached hydrogens (tertiary/aromatic N) is 1. The maximum Gasteiger partial charge on any atom is 0.120 e. The highest BCUT2D eigenvalue weighted by molar-refractivity contribution is 7.10. The predicted octanol–water partition coefficient (Wildman–Crippen LogP) is 7.67. The summed E-state index contributed by atoms with van der Waals surface area (Å²) in [6.45, 7) is 10.7. The van der Waals surface area contributed by atoms with Gasteiger partial charge < -0.3 is 9.57 Å². The highest BCUT2D eigenvalue weighted by atomic mass is 32.1. The molecular weight excluding hydrogens is 390 g/mol. The second kappa shape index (κ2) is 12.2. The Balaban J connectivity index is 0.000000757. The second-order valence-corrected chi connectivity index (χ2v) is 7.43. The third kappa shape index (κ3) is 5.31. The molecule has 0 saturated heterocycles. The summed E-state index contributed by atoms with van der Waals surface area (Å²) in [5.74, 6) is 0.850. The van der Waals surface area contributed by atoms with Crippen molar-refractivity contribution < 1.29 is 9.57 Å². The highest BCUT2D eigenvalue weighted by Gasteiger charge is 2.28. The maximum atomic E-state index is 5.93. The fourth-order valence-electron chi connectivity index (χ4n) is 3.45. The van der Waals surface area contributed by atoms with E-state index in [0.717, 1.165) is 29.9 Å². The Hall–Kier alpha value is -2.59. The molecule has 30 heavy (non-hydrogen) atoms. The highest BCUT2D eigenvalue weighted by Crippen LogP contribution is 2.40. The quantitative estimate of drug-likeness (QED) is 0.462. The minimum atomic E-state index is 0.540. The molecule has 0 atom stereocenters. The standard InChI is InChI=1S/C22H21NO2S.2C2H6/c1-15-16(11-13-26-15)6-5-12-25-17-9-10-19-18-7-3-4-8-20(18)22(23-24-2)21(19)14-17;2*1-2/h3,5-7,9-11,13-14H,4,8,12H2,1-2H3;2*1-2H3/b6-5+,23-22-;;.